The second-order valence-corrected chi connectivity index (χ2v) is 7.92. The number of hydrogen-bond donors (Lipinski definition) is 2. The van der Waals surface area contributed by atoms with Gasteiger partial charge in [0, 0.05) is 5.56 Å². The van der Waals surface area contributed by atoms with E-state index in [4.69, 9.17) is 0 Å². The highest BCUT2D eigenvalue weighted by atomic mass is 16.3. The summed E-state index contributed by atoms with van der Waals surface area (Å²) in [5.74, 6) is 0.815. The fraction of sp³-hybridized carbons (Fsp3) is 0.524. The monoisotopic (exact) mass is 351 g/mol. The topological polar surface area (TPSA) is 69.5 Å². The third kappa shape index (κ3) is 2.53. The molecule has 4 atom stereocenters. The van der Waals surface area contributed by atoms with E-state index in [1.54, 1.807) is 0 Å². The molecule has 0 saturated carbocycles. The van der Waals surface area contributed by atoms with Crippen molar-refractivity contribution in [1.82, 2.24) is 10.2 Å². The molecule has 136 valence electrons. The van der Waals surface area contributed by atoms with Crippen LogP contribution in [-0.2, 0) is 12.8 Å². The van der Waals surface area contributed by atoms with E-state index in [-0.39, 0.29) is 12.1 Å². The molecule has 2 fully saturated rings. The van der Waals surface area contributed by atoms with E-state index in [2.05, 4.69) is 45.4 Å². The summed E-state index contributed by atoms with van der Waals surface area (Å²) in [6.07, 6.45) is 5.48. The highest BCUT2D eigenvalue weighted by molar-refractivity contribution is 5.69. The van der Waals surface area contributed by atoms with Gasteiger partial charge in [-0.05, 0) is 62.1 Å². The molecule has 2 saturated heterocycles. The Labute approximate surface area is 153 Å². The maximum Gasteiger partial charge on any atom is 0.152 e. The van der Waals surface area contributed by atoms with E-state index in [1.165, 1.54) is 16.7 Å². The van der Waals surface area contributed by atoms with Crippen molar-refractivity contribution in [3.8, 4) is 11.3 Å². The van der Waals surface area contributed by atoms with Gasteiger partial charge in [-0.15, -0.1) is 10.2 Å². The van der Waals surface area contributed by atoms with Gasteiger partial charge in [0.05, 0.1) is 30.0 Å². The van der Waals surface area contributed by atoms with Crippen molar-refractivity contribution in [3.05, 3.63) is 41.5 Å². The second kappa shape index (κ2) is 6.32. The molecule has 0 radical (unpaired) electrons. The Bertz CT molecular complexity index is 807. The van der Waals surface area contributed by atoms with Gasteiger partial charge in [-0.3, -0.25) is 0 Å². The quantitative estimate of drug-likeness (QED) is 0.826. The molecule has 3 aliphatic rings. The van der Waals surface area contributed by atoms with Crippen LogP contribution in [0.25, 0.3) is 11.3 Å². The van der Waals surface area contributed by atoms with Crippen molar-refractivity contribution in [2.75, 3.05) is 4.90 Å². The van der Waals surface area contributed by atoms with Gasteiger partial charge < -0.3 is 15.1 Å². The third-order valence-corrected chi connectivity index (χ3v) is 6.41. The van der Waals surface area contributed by atoms with Gasteiger partial charge in [0.25, 0.3) is 0 Å². The third-order valence-electron chi connectivity index (χ3n) is 6.41. The summed E-state index contributed by atoms with van der Waals surface area (Å²) in [5, 5.41) is 30.3. The lowest BCUT2D eigenvalue weighted by Crippen LogP contribution is -2.44. The number of benzene rings is 1. The summed E-state index contributed by atoms with van der Waals surface area (Å²) in [6.45, 7) is 0. The zero-order valence-electron chi connectivity index (χ0n) is 14.9. The van der Waals surface area contributed by atoms with Crippen LogP contribution in [0, 0.1) is 0 Å². The molecule has 5 rings (SSSR count). The molecule has 0 spiro atoms. The zero-order chi connectivity index (χ0) is 17.7. The highest BCUT2D eigenvalue weighted by Gasteiger charge is 2.44. The Morgan fingerprint density at radius 1 is 0.846 bits per heavy atom. The molecule has 3 heterocycles. The van der Waals surface area contributed by atoms with Crippen molar-refractivity contribution in [1.29, 1.82) is 0 Å². The summed E-state index contributed by atoms with van der Waals surface area (Å²) in [7, 11) is 0. The largest absolute Gasteiger partial charge is 0.391 e. The Balaban J connectivity index is 1.57. The molecule has 4 unspecified atom stereocenters. The van der Waals surface area contributed by atoms with Crippen molar-refractivity contribution < 1.29 is 10.2 Å². The van der Waals surface area contributed by atoms with Crippen LogP contribution in [0.1, 0.15) is 43.2 Å². The number of nitrogens with zero attached hydrogens (tertiary/aromatic N) is 3. The first-order chi connectivity index (χ1) is 12.7. The fourth-order valence-electron chi connectivity index (χ4n) is 5.09. The molecule has 2 aliphatic heterocycles. The van der Waals surface area contributed by atoms with E-state index >= 15 is 0 Å². The predicted octanol–water partition coefficient (Wildman–Crippen LogP) is 2.49. The van der Waals surface area contributed by atoms with Gasteiger partial charge in [0.1, 0.15) is 0 Å². The van der Waals surface area contributed by atoms with Crippen LogP contribution in [0.2, 0.25) is 0 Å². The van der Waals surface area contributed by atoms with E-state index in [0.29, 0.717) is 12.8 Å². The van der Waals surface area contributed by atoms with Crippen LogP contribution in [-0.4, -0.2) is 44.7 Å². The van der Waals surface area contributed by atoms with Crippen molar-refractivity contribution in [2.24, 2.45) is 0 Å². The van der Waals surface area contributed by atoms with E-state index < -0.39 is 12.2 Å². The lowest BCUT2D eigenvalue weighted by Gasteiger charge is -2.32. The normalized spacial score (nSPS) is 30.3. The average molecular weight is 351 g/mol. The molecule has 26 heavy (non-hydrogen) atoms. The standard InChI is InChI=1S/C21H25N3O2/c25-18-10-11-19(26)17-9-8-16(18)24(17)20-12-14-6-3-5-13-4-1-2-7-15(13)21(14)23-22-20/h1-2,4,7,12,16-19,25-26H,3,5-6,8-11H2. The smallest absolute Gasteiger partial charge is 0.152 e. The number of hydrogen-bond acceptors (Lipinski definition) is 5. The van der Waals surface area contributed by atoms with Crippen LogP contribution in [0.4, 0.5) is 5.82 Å². The molecule has 2 bridgehead atoms. The maximum absolute atomic E-state index is 10.5. The van der Waals surface area contributed by atoms with Crippen LogP contribution < -0.4 is 4.90 Å². The Hall–Kier alpha value is -1.98. The predicted molar refractivity (Wildman–Crippen MR) is 100 cm³/mol. The van der Waals surface area contributed by atoms with Crippen LogP contribution in [0.3, 0.4) is 0 Å². The zero-order valence-corrected chi connectivity index (χ0v) is 14.9. The summed E-state index contributed by atoms with van der Waals surface area (Å²) in [6, 6.07) is 10.7. The first kappa shape index (κ1) is 16.2. The first-order valence-corrected chi connectivity index (χ1v) is 9.82. The Kier molecular flexibility index (Phi) is 3.94. The molecule has 0 amide bonds. The number of aryl methyl sites for hydroxylation is 2. The summed E-state index contributed by atoms with van der Waals surface area (Å²) in [5.41, 5.74) is 4.75. The fourth-order valence-corrected chi connectivity index (χ4v) is 5.09. The second-order valence-electron chi connectivity index (χ2n) is 7.92. The Morgan fingerprint density at radius 3 is 2.31 bits per heavy atom. The molecule has 5 heteroatoms. The number of aliphatic hydroxyl groups is 2. The van der Waals surface area contributed by atoms with Crippen molar-refractivity contribution in [2.45, 2.75) is 69.2 Å². The molecule has 1 aliphatic carbocycles. The molecule has 5 nitrogen and oxygen atoms in total. The maximum atomic E-state index is 10.5. The van der Waals surface area contributed by atoms with Gasteiger partial charge in [0.2, 0.25) is 0 Å². The summed E-state index contributed by atoms with van der Waals surface area (Å²) < 4.78 is 0. The van der Waals surface area contributed by atoms with Gasteiger partial charge in [-0.2, -0.15) is 0 Å². The molecular weight excluding hydrogens is 326 g/mol. The van der Waals surface area contributed by atoms with Gasteiger partial charge in [-0.25, -0.2) is 0 Å². The SMILES string of the molecule is OC1CCC(O)C2CCC1N2c1cc2c(nn1)-c1ccccc1CCC2. The van der Waals surface area contributed by atoms with E-state index in [0.717, 1.165) is 43.6 Å². The molecule has 1 aromatic carbocycles. The average Bonchev–Trinajstić information content (AvgIpc) is 2.97. The summed E-state index contributed by atoms with van der Waals surface area (Å²) >= 11 is 0. The molecular formula is C21H25N3O2. The van der Waals surface area contributed by atoms with Gasteiger partial charge in [-0.1, -0.05) is 24.3 Å². The van der Waals surface area contributed by atoms with E-state index in [1.807, 2.05) is 0 Å². The van der Waals surface area contributed by atoms with Gasteiger partial charge >= 0.3 is 0 Å². The van der Waals surface area contributed by atoms with Crippen LogP contribution >= 0.6 is 0 Å². The Morgan fingerprint density at radius 2 is 1.54 bits per heavy atom. The highest BCUT2D eigenvalue weighted by Crippen LogP contribution is 2.39. The van der Waals surface area contributed by atoms with Crippen LogP contribution in [0.15, 0.2) is 30.3 Å². The number of rotatable bonds is 1. The molecule has 2 N–H and O–H groups in total. The van der Waals surface area contributed by atoms with E-state index in [9.17, 15) is 10.2 Å². The lowest BCUT2D eigenvalue weighted by atomic mass is 9.97. The minimum atomic E-state index is -0.404. The molecule has 1 aromatic heterocycles. The van der Waals surface area contributed by atoms with Gasteiger partial charge in [0.15, 0.2) is 5.82 Å². The van der Waals surface area contributed by atoms with Crippen molar-refractivity contribution in [3.63, 3.8) is 0 Å². The first-order valence-electron chi connectivity index (χ1n) is 9.82. The van der Waals surface area contributed by atoms with Crippen LogP contribution in [0.5, 0.6) is 0 Å². The number of aromatic nitrogens is 2. The number of anilines is 1. The number of fused-ring (bicyclic) bond motifs is 5. The minimum Gasteiger partial charge on any atom is -0.391 e. The van der Waals surface area contributed by atoms with Crippen molar-refractivity contribution >= 4 is 5.82 Å². The summed E-state index contributed by atoms with van der Waals surface area (Å²) in [4.78, 5) is 2.16. The lowest BCUT2D eigenvalue weighted by molar-refractivity contribution is 0.105. The number of aliphatic hydroxyl groups excluding tert-OH is 2. The molecule has 2 aromatic rings. The minimum absolute atomic E-state index is 0.0440.